The van der Waals surface area contributed by atoms with Gasteiger partial charge in [-0.2, -0.15) is 0 Å². The monoisotopic (exact) mass is 503 g/mol. The van der Waals surface area contributed by atoms with E-state index in [1.807, 2.05) is 19.9 Å². The van der Waals surface area contributed by atoms with Crippen LogP contribution in [-0.4, -0.2) is 24.6 Å². The lowest BCUT2D eigenvalue weighted by Crippen LogP contribution is -2.26. The number of hydrogen-bond acceptors (Lipinski definition) is 5. The first-order valence-corrected chi connectivity index (χ1v) is 14.6. The van der Waals surface area contributed by atoms with Crippen molar-refractivity contribution in [2.45, 2.75) is 91.5 Å². The summed E-state index contributed by atoms with van der Waals surface area (Å²) in [5, 5.41) is 14.7. The summed E-state index contributed by atoms with van der Waals surface area (Å²) >= 11 is 0. The van der Waals surface area contributed by atoms with Gasteiger partial charge in [0.1, 0.15) is 5.75 Å². The molecule has 1 unspecified atom stereocenters. The Morgan fingerprint density at radius 1 is 0.914 bits per heavy atom. The second-order valence-corrected chi connectivity index (χ2v) is 13.3. The molecule has 1 atom stereocenters. The van der Waals surface area contributed by atoms with Crippen molar-refractivity contribution in [2.24, 2.45) is 0 Å². The first kappa shape index (κ1) is 29.6. The zero-order valence-corrected chi connectivity index (χ0v) is 23.9. The van der Waals surface area contributed by atoms with Gasteiger partial charge in [0, 0.05) is 6.04 Å². The van der Waals surface area contributed by atoms with Crippen LogP contribution in [0.5, 0.6) is 5.75 Å². The topological polar surface area (TPSA) is 67.8 Å². The van der Waals surface area contributed by atoms with Crippen LogP contribution in [0, 0.1) is 0 Å². The maximum Gasteiger partial charge on any atom is 0.344 e. The van der Waals surface area contributed by atoms with Crippen LogP contribution in [0.25, 0.3) is 0 Å². The van der Waals surface area contributed by atoms with Gasteiger partial charge in [-0.25, -0.2) is 0 Å². The zero-order valence-electron chi connectivity index (χ0n) is 23.0. The molecule has 2 N–H and O–H groups in total. The largest absolute Gasteiger partial charge is 0.507 e. The van der Waals surface area contributed by atoms with E-state index < -0.39 is 7.60 Å². The normalized spacial score (nSPS) is 13.7. The van der Waals surface area contributed by atoms with Crippen LogP contribution in [0.2, 0.25) is 0 Å². The predicted octanol–water partition coefficient (Wildman–Crippen LogP) is 7.86. The minimum absolute atomic E-state index is 0.0595. The van der Waals surface area contributed by atoms with Crippen LogP contribution in [0.3, 0.4) is 0 Å². The van der Waals surface area contributed by atoms with Crippen molar-refractivity contribution in [2.75, 3.05) is 19.5 Å². The van der Waals surface area contributed by atoms with Crippen LogP contribution in [0.15, 0.2) is 42.5 Å². The van der Waals surface area contributed by atoms with Crippen molar-refractivity contribution in [1.29, 1.82) is 0 Å². The minimum atomic E-state index is -3.24. The Morgan fingerprint density at radius 3 is 1.89 bits per heavy atom. The Balaban J connectivity index is 2.44. The second-order valence-electron chi connectivity index (χ2n) is 11.2. The maximum atomic E-state index is 13.2. The summed E-state index contributed by atoms with van der Waals surface area (Å²) < 4.78 is 24.3. The van der Waals surface area contributed by atoms with Crippen molar-refractivity contribution in [3.8, 4) is 5.75 Å². The van der Waals surface area contributed by atoms with E-state index in [2.05, 4.69) is 83.3 Å². The lowest BCUT2D eigenvalue weighted by atomic mass is 9.77. The Bertz CT molecular complexity index is 931. The highest BCUT2D eigenvalue weighted by Crippen LogP contribution is 2.48. The van der Waals surface area contributed by atoms with Crippen LogP contribution in [-0.2, 0) is 30.9 Å². The van der Waals surface area contributed by atoms with Crippen molar-refractivity contribution in [3.05, 3.63) is 64.7 Å². The SMILES string of the molecule is CCOP(=O)(CNC(CCCc1ccccc1)c1cc(C(C)(C)C)c(O)c(C(C)(C)C)c1)OCC. The summed E-state index contributed by atoms with van der Waals surface area (Å²) in [4.78, 5) is 0. The number of phenolic OH excluding ortho intramolecular Hbond substituents is 1. The predicted molar refractivity (Wildman–Crippen MR) is 146 cm³/mol. The molecule has 0 bridgehead atoms. The van der Waals surface area contributed by atoms with E-state index in [0.717, 1.165) is 36.0 Å². The number of nitrogens with one attached hydrogen (secondary N) is 1. The van der Waals surface area contributed by atoms with Gasteiger partial charge in [0.2, 0.25) is 0 Å². The molecular weight excluding hydrogens is 457 g/mol. The molecule has 2 aromatic rings. The summed E-state index contributed by atoms with van der Waals surface area (Å²) in [6.45, 7) is 17.0. The molecule has 0 amide bonds. The third-order valence-electron chi connectivity index (χ3n) is 6.13. The fraction of sp³-hybridized carbons (Fsp3) is 0.586. The highest BCUT2D eigenvalue weighted by molar-refractivity contribution is 7.53. The minimum Gasteiger partial charge on any atom is -0.507 e. The summed E-state index contributed by atoms with van der Waals surface area (Å²) in [6, 6.07) is 14.6. The molecular formula is C29H46NO4P. The molecule has 6 heteroatoms. The molecule has 2 rings (SSSR count). The van der Waals surface area contributed by atoms with Gasteiger partial charge in [-0.3, -0.25) is 9.88 Å². The van der Waals surface area contributed by atoms with Gasteiger partial charge in [-0.05, 0) is 78.3 Å². The van der Waals surface area contributed by atoms with E-state index >= 15 is 0 Å². The average Bonchev–Trinajstić information content (AvgIpc) is 2.76. The molecule has 0 heterocycles. The second kappa shape index (κ2) is 12.5. The average molecular weight is 504 g/mol. The molecule has 0 saturated carbocycles. The van der Waals surface area contributed by atoms with Crippen LogP contribution in [0.1, 0.15) is 96.5 Å². The van der Waals surface area contributed by atoms with Crippen molar-refractivity contribution >= 4 is 7.60 Å². The van der Waals surface area contributed by atoms with Crippen LogP contribution >= 0.6 is 7.60 Å². The lowest BCUT2D eigenvalue weighted by molar-refractivity contribution is 0.216. The molecule has 35 heavy (non-hydrogen) atoms. The van der Waals surface area contributed by atoms with Gasteiger partial charge in [0.05, 0.1) is 19.5 Å². The number of aromatic hydroxyl groups is 1. The summed E-state index contributed by atoms with van der Waals surface area (Å²) in [7, 11) is -3.24. The standard InChI is InChI=1S/C29H46NO4P/c1-9-33-35(32,34-10-2)21-30-26(18-14-17-22-15-12-11-13-16-22)23-19-24(28(3,4)5)27(31)25(20-23)29(6,7)8/h11-13,15-16,19-20,26,30-31H,9-10,14,17-18,21H2,1-8H3. The zero-order chi connectivity index (χ0) is 26.3. The molecule has 0 saturated heterocycles. The van der Waals surface area contributed by atoms with Gasteiger partial charge >= 0.3 is 7.60 Å². The molecule has 196 valence electrons. The molecule has 2 aromatic carbocycles. The third kappa shape index (κ3) is 8.75. The Morgan fingerprint density at radius 2 is 1.43 bits per heavy atom. The number of aryl methyl sites for hydroxylation is 1. The fourth-order valence-electron chi connectivity index (χ4n) is 4.29. The Hall–Kier alpha value is -1.65. The van der Waals surface area contributed by atoms with Crippen LogP contribution < -0.4 is 5.32 Å². The van der Waals surface area contributed by atoms with E-state index in [4.69, 9.17) is 9.05 Å². The molecule has 0 spiro atoms. The van der Waals surface area contributed by atoms with E-state index in [9.17, 15) is 9.67 Å². The smallest absolute Gasteiger partial charge is 0.344 e. The fourth-order valence-corrected chi connectivity index (χ4v) is 5.77. The Labute approximate surface area is 213 Å². The maximum absolute atomic E-state index is 13.2. The molecule has 0 aliphatic heterocycles. The summed E-state index contributed by atoms with van der Waals surface area (Å²) in [5.41, 5.74) is 3.80. The van der Waals surface area contributed by atoms with Gasteiger partial charge in [-0.1, -0.05) is 71.9 Å². The number of phenols is 1. The van der Waals surface area contributed by atoms with Gasteiger partial charge in [-0.15, -0.1) is 0 Å². The van der Waals surface area contributed by atoms with Crippen molar-refractivity contribution in [3.63, 3.8) is 0 Å². The highest BCUT2D eigenvalue weighted by Gasteiger charge is 2.30. The Kier molecular flexibility index (Phi) is 10.6. The van der Waals surface area contributed by atoms with Gasteiger partial charge in [0.15, 0.2) is 0 Å². The number of rotatable bonds is 12. The highest BCUT2D eigenvalue weighted by atomic mass is 31.2. The molecule has 0 aliphatic rings. The van der Waals surface area contributed by atoms with E-state index in [1.54, 1.807) is 0 Å². The van der Waals surface area contributed by atoms with Gasteiger partial charge in [0.25, 0.3) is 0 Å². The number of benzene rings is 2. The van der Waals surface area contributed by atoms with Crippen molar-refractivity contribution in [1.82, 2.24) is 5.32 Å². The van der Waals surface area contributed by atoms with E-state index in [-0.39, 0.29) is 23.2 Å². The molecule has 0 fully saturated rings. The molecule has 5 nitrogen and oxygen atoms in total. The summed E-state index contributed by atoms with van der Waals surface area (Å²) in [5.74, 6) is 0.367. The summed E-state index contributed by atoms with van der Waals surface area (Å²) in [6.07, 6.45) is 2.92. The molecule has 0 radical (unpaired) electrons. The van der Waals surface area contributed by atoms with E-state index in [1.165, 1.54) is 5.56 Å². The van der Waals surface area contributed by atoms with E-state index in [0.29, 0.717) is 19.0 Å². The quantitative estimate of drug-likeness (QED) is 0.289. The molecule has 0 aromatic heterocycles. The molecule has 0 aliphatic carbocycles. The number of hydrogen-bond donors (Lipinski definition) is 2. The van der Waals surface area contributed by atoms with Gasteiger partial charge < -0.3 is 14.2 Å². The van der Waals surface area contributed by atoms with Crippen molar-refractivity contribution < 1.29 is 18.7 Å². The first-order valence-electron chi connectivity index (χ1n) is 12.8. The lowest BCUT2D eigenvalue weighted by Gasteiger charge is -2.30. The van der Waals surface area contributed by atoms with Crippen LogP contribution in [0.4, 0.5) is 0 Å². The third-order valence-corrected chi connectivity index (χ3v) is 8.01. The first-order chi connectivity index (χ1) is 16.3.